The third-order valence-electron chi connectivity index (χ3n) is 9.03. The lowest BCUT2D eigenvalue weighted by Crippen LogP contribution is -2.64. The van der Waals surface area contributed by atoms with E-state index in [1.165, 1.54) is 6.92 Å². The highest BCUT2D eigenvalue weighted by atomic mass is 32.2. The van der Waals surface area contributed by atoms with Gasteiger partial charge in [-0.05, 0) is 25.7 Å². The molecule has 9 N–H and O–H groups in total. The van der Waals surface area contributed by atoms with E-state index in [9.17, 15) is 53.5 Å². The summed E-state index contributed by atoms with van der Waals surface area (Å²) in [4.78, 5) is 12.1. The zero-order chi connectivity index (χ0) is 33.8. The molecule has 1 unspecified atom stereocenters. The quantitative estimate of drug-likeness (QED) is 0.0872. The molecule has 0 aromatic rings. The molecule has 268 valence electrons. The topological polar surface area (TPSA) is 280 Å². The van der Waals surface area contributed by atoms with Crippen LogP contribution in [0.3, 0.4) is 0 Å². The fourth-order valence-electron chi connectivity index (χ4n) is 6.43. The predicted octanol–water partition coefficient (Wildman–Crippen LogP) is -2.99. The summed E-state index contributed by atoms with van der Waals surface area (Å²) in [5, 5.41) is 72.9. The molecule has 1 aliphatic carbocycles. The zero-order valence-electron chi connectivity index (χ0n) is 25.4. The molecular weight excluding hydrogens is 642 g/mol. The molecule has 46 heavy (non-hydrogen) atoms. The Hall–Kier alpha value is -1.14. The summed E-state index contributed by atoms with van der Waals surface area (Å²) >= 11 is 0. The van der Waals surface area contributed by atoms with Crippen molar-refractivity contribution in [2.45, 2.75) is 138 Å². The van der Waals surface area contributed by atoms with E-state index in [0.717, 1.165) is 32.1 Å². The van der Waals surface area contributed by atoms with Crippen LogP contribution in [-0.4, -0.2) is 160 Å². The molecule has 3 aliphatic heterocycles. The van der Waals surface area contributed by atoms with Crippen molar-refractivity contribution in [3.63, 3.8) is 0 Å². The lowest BCUT2D eigenvalue weighted by molar-refractivity contribution is -0.355. The van der Waals surface area contributed by atoms with E-state index < -0.39 is 115 Å². The summed E-state index contributed by atoms with van der Waals surface area (Å²) < 4.78 is 68.5. The Kier molecular flexibility index (Phi) is 13.5. The minimum atomic E-state index is -4.69. The highest BCUT2D eigenvalue weighted by Crippen LogP contribution is 2.34. The number of rotatable bonds is 13. The number of hydrogen-bond donors (Lipinski definition) is 9. The molecule has 1 saturated carbocycles. The predicted molar refractivity (Wildman–Crippen MR) is 151 cm³/mol. The number of carboxylic acids is 1. The van der Waals surface area contributed by atoms with Crippen molar-refractivity contribution in [3.05, 3.63) is 0 Å². The number of nitrogens with one attached hydrogen (secondary N) is 1. The van der Waals surface area contributed by atoms with Gasteiger partial charge in [0, 0.05) is 13.2 Å². The monoisotopic (exact) mass is 689 g/mol. The average molecular weight is 690 g/mol. The smallest absolute Gasteiger partial charge is 0.333 e. The molecule has 0 aromatic carbocycles. The molecule has 4 rings (SSSR count). The molecule has 19 heteroatoms. The standard InChI is InChI=1S/C27H47NO17S/c1-12-18(30)20(32)21(33)26(41-12)45-23-14(7-8-40-16(23)10-28-46(37,38)39)43-27-22(34)24(19(31)17(11-29)44-27)42-15(25(35)36)9-13-5-3-2-4-6-13/h12-24,26-34H,2-11H2,1H3,(H,35,36)(H,37,38,39)/t12-,14+,15+,16?,17+,18+,19-,20-,21+,22-,23-,24+,26-,27+/m1/s1. The minimum absolute atomic E-state index is 0.0282. The second kappa shape index (κ2) is 16.5. The zero-order valence-corrected chi connectivity index (χ0v) is 26.2. The Balaban J connectivity index is 1.54. The van der Waals surface area contributed by atoms with E-state index in [-0.39, 0.29) is 25.4 Å². The van der Waals surface area contributed by atoms with E-state index in [2.05, 4.69) is 0 Å². The van der Waals surface area contributed by atoms with Crippen LogP contribution in [0, 0.1) is 5.92 Å². The SMILES string of the molecule is C[C@H]1O[C@H](O[C@H]2C(CNS(=O)(=O)O)OCC[C@@H]2O[C@H]2O[C@@H](CO)[C@@H](O)[C@H](O[C@@H](CC3CCCCC3)C(=O)O)[C@H]2O)[C@@H](O)[C@H](O)[C@H]1O. The van der Waals surface area contributed by atoms with Crippen molar-refractivity contribution in [1.29, 1.82) is 0 Å². The molecular formula is C27H47NO17S. The van der Waals surface area contributed by atoms with Crippen LogP contribution in [0.2, 0.25) is 0 Å². The van der Waals surface area contributed by atoms with Crippen molar-refractivity contribution < 1.29 is 81.9 Å². The first-order valence-corrected chi connectivity index (χ1v) is 17.0. The molecule has 3 heterocycles. The van der Waals surface area contributed by atoms with Crippen LogP contribution >= 0.6 is 0 Å². The fourth-order valence-corrected chi connectivity index (χ4v) is 6.80. The van der Waals surface area contributed by atoms with Crippen molar-refractivity contribution in [2.75, 3.05) is 19.8 Å². The average Bonchev–Trinajstić information content (AvgIpc) is 3.01. The van der Waals surface area contributed by atoms with Gasteiger partial charge >= 0.3 is 16.3 Å². The molecule has 0 bridgehead atoms. The molecule has 0 spiro atoms. The second-order valence-electron chi connectivity index (χ2n) is 12.4. The number of ether oxygens (including phenoxy) is 6. The van der Waals surface area contributed by atoms with Crippen molar-refractivity contribution in [1.82, 2.24) is 4.72 Å². The highest BCUT2D eigenvalue weighted by Gasteiger charge is 2.51. The number of aliphatic hydroxyl groups excluding tert-OH is 6. The van der Waals surface area contributed by atoms with Crippen LogP contribution in [0.5, 0.6) is 0 Å². The number of hydrogen-bond acceptors (Lipinski definition) is 15. The van der Waals surface area contributed by atoms with Crippen molar-refractivity contribution >= 4 is 16.3 Å². The Morgan fingerprint density at radius 3 is 2.17 bits per heavy atom. The largest absolute Gasteiger partial charge is 0.479 e. The van der Waals surface area contributed by atoms with Gasteiger partial charge in [-0.2, -0.15) is 13.1 Å². The van der Waals surface area contributed by atoms with E-state index >= 15 is 0 Å². The lowest BCUT2D eigenvalue weighted by Gasteiger charge is -2.47. The third-order valence-corrected chi connectivity index (χ3v) is 9.56. The molecule has 0 radical (unpaired) electrons. The minimum Gasteiger partial charge on any atom is -0.479 e. The van der Waals surface area contributed by atoms with E-state index in [1.807, 2.05) is 4.72 Å². The normalized spacial score (nSPS) is 42.0. The number of aliphatic carboxylic acids is 1. The van der Waals surface area contributed by atoms with E-state index in [4.69, 9.17) is 28.4 Å². The first-order chi connectivity index (χ1) is 21.7. The molecule has 3 saturated heterocycles. The lowest BCUT2D eigenvalue weighted by atomic mass is 9.85. The summed E-state index contributed by atoms with van der Waals surface area (Å²) in [5.74, 6) is -1.20. The maximum absolute atomic E-state index is 12.1. The first kappa shape index (κ1) is 37.7. The van der Waals surface area contributed by atoms with Gasteiger partial charge < -0.3 is 64.2 Å². The Morgan fingerprint density at radius 1 is 0.870 bits per heavy atom. The van der Waals surface area contributed by atoms with Crippen molar-refractivity contribution in [3.8, 4) is 0 Å². The van der Waals surface area contributed by atoms with Crippen LogP contribution in [0.4, 0.5) is 0 Å². The third kappa shape index (κ3) is 9.51. The number of carboxylic acid groups (broad SMARTS) is 1. The maximum atomic E-state index is 12.1. The molecule has 0 amide bonds. The summed E-state index contributed by atoms with van der Waals surface area (Å²) in [6.45, 7) is 0.0740. The van der Waals surface area contributed by atoms with Gasteiger partial charge in [0.2, 0.25) is 0 Å². The molecule has 0 aromatic heterocycles. The van der Waals surface area contributed by atoms with Gasteiger partial charge in [-0.1, -0.05) is 32.1 Å². The van der Waals surface area contributed by atoms with Gasteiger partial charge in [0.05, 0.1) is 24.9 Å². The second-order valence-corrected chi connectivity index (χ2v) is 13.6. The van der Waals surface area contributed by atoms with Gasteiger partial charge in [0.25, 0.3) is 0 Å². The van der Waals surface area contributed by atoms with Gasteiger partial charge in [-0.15, -0.1) is 0 Å². The highest BCUT2D eigenvalue weighted by molar-refractivity contribution is 7.83. The Labute approximate surface area is 266 Å². The van der Waals surface area contributed by atoms with Crippen LogP contribution in [0.15, 0.2) is 0 Å². The van der Waals surface area contributed by atoms with Gasteiger partial charge in [0.15, 0.2) is 18.7 Å². The molecule has 4 aliphatic rings. The van der Waals surface area contributed by atoms with E-state index in [0.29, 0.717) is 0 Å². The number of aliphatic hydroxyl groups is 6. The van der Waals surface area contributed by atoms with E-state index in [1.54, 1.807) is 0 Å². The summed E-state index contributed by atoms with van der Waals surface area (Å²) in [7, 11) is -4.69. The maximum Gasteiger partial charge on any atom is 0.333 e. The Morgan fingerprint density at radius 2 is 1.54 bits per heavy atom. The van der Waals surface area contributed by atoms with Gasteiger partial charge in [-0.3, -0.25) is 4.55 Å². The van der Waals surface area contributed by atoms with Crippen LogP contribution in [-0.2, 0) is 43.5 Å². The fraction of sp³-hybridized carbons (Fsp3) is 0.963. The molecule has 18 nitrogen and oxygen atoms in total. The molecule has 4 fully saturated rings. The van der Waals surface area contributed by atoms with Gasteiger partial charge in [0.1, 0.15) is 48.8 Å². The summed E-state index contributed by atoms with van der Waals surface area (Å²) in [5.41, 5.74) is 0. The Bertz CT molecular complexity index is 1080. The van der Waals surface area contributed by atoms with Gasteiger partial charge in [-0.25, -0.2) is 4.79 Å². The van der Waals surface area contributed by atoms with Crippen LogP contribution < -0.4 is 4.72 Å². The van der Waals surface area contributed by atoms with Crippen LogP contribution in [0.25, 0.3) is 0 Å². The number of carbonyl (C=O) groups is 1. The van der Waals surface area contributed by atoms with Crippen molar-refractivity contribution in [2.24, 2.45) is 5.92 Å². The first-order valence-electron chi connectivity index (χ1n) is 15.5. The molecule has 14 atom stereocenters. The summed E-state index contributed by atoms with van der Waals surface area (Å²) in [6.07, 6.45) is -15.7. The summed E-state index contributed by atoms with van der Waals surface area (Å²) in [6, 6.07) is 0. The van der Waals surface area contributed by atoms with Crippen LogP contribution in [0.1, 0.15) is 51.9 Å².